The van der Waals surface area contributed by atoms with E-state index in [9.17, 15) is 13.2 Å². The maximum Gasteiger partial charge on any atom is 0.227 e. The van der Waals surface area contributed by atoms with Gasteiger partial charge in [-0.25, -0.2) is 13.4 Å². The number of sulfone groups is 1. The van der Waals surface area contributed by atoms with E-state index in [1.54, 1.807) is 24.3 Å². The number of carbonyl (C=O) groups excluding carboxylic acids is 1. The van der Waals surface area contributed by atoms with Crippen LogP contribution in [-0.4, -0.2) is 25.1 Å². The molecule has 0 aliphatic carbocycles. The third kappa shape index (κ3) is 3.94. The van der Waals surface area contributed by atoms with Gasteiger partial charge in [-0.1, -0.05) is 35.1 Å². The van der Waals surface area contributed by atoms with Crippen LogP contribution in [0.5, 0.6) is 0 Å². The molecule has 1 aromatic heterocycles. The number of carbonyl (C=O) groups is 1. The Morgan fingerprint density at radius 2 is 1.77 bits per heavy atom. The van der Waals surface area contributed by atoms with E-state index in [1.807, 2.05) is 32.9 Å². The van der Waals surface area contributed by atoms with Gasteiger partial charge >= 0.3 is 0 Å². The lowest BCUT2D eigenvalue weighted by Crippen LogP contribution is -2.17. The summed E-state index contributed by atoms with van der Waals surface area (Å²) in [6.45, 7) is 5.91. The molecule has 0 aliphatic heterocycles. The van der Waals surface area contributed by atoms with Gasteiger partial charge in [-0.2, -0.15) is 0 Å². The molecule has 136 valence electrons. The Hall–Kier alpha value is -2.25. The Balaban J connectivity index is 1.67. The minimum absolute atomic E-state index is 0.107. The lowest BCUT2D eigenvalue weighted by Gasteiger charge is -2.05. The van der Waals surface area contributed by atoms with Gasteiger partial charge in [0.1, 0.15) is 0 Å². The SMILES string of the molecule is Cc1ccc(S(=O)(=O)CCC(=O)Nc2nc3c(C)c(C)ccc3s2)cc1. The van der Waals surface area contributed by atoms with Gasteiger partial charge in [0.2, 0.25) is 5.91 Å². The Bertz CT molecular complexity index is 1070. The van der Waals surface area contributed by atoms with Crippen molar-refractivity contribution in [2.24, 2.45) is 0 Å². The summed E-state index contributed by atoms with van der Waals surface area (Å²) in [6, 6.07) is 10.6. The van der Waals surface area contributed by atoms with Gasteiger partial charge in [-0.15, -0.1) is 0 Å². The van der Waals surface area contributed by atoms with Gasteiger partial charge in [-0.05, 0) is 50.1 Å². The molecule has 2 aromatic carbocycles. The number of nitrogens with zero attached hydrogens (tertiary/aromatic N) is 1. The molecule has 0 saturated heterocycles. The minimum Gasteiger partial charge on any atom is -0.302 e. The molecule has 3 aromatic rings. The summed E-state index contributed by atoms with van der Waals surface area (Å²) in [6.07, 6.45) is -0.107. The number of aromatic nitrogens is 1. The molecule has 0 radical (unpaired) electrons. The first-order valence-electron chi connectivity index (χ1n) is 8.22. The first-order chi connectivity index (χ1) is 12.3. The Morgan fingerprint density at radius 1 is 1.08 bits per heavy atom. The van der Waals surface area contributed by atoms with E-state index in [4.69, 9.17) is 0 Å². The second-order valence-electron chi connectivity index (χ2n) is 6.30. The molecule has 1 heterocycles. The molecule has 5 nitrogen and oxygen atoms in total. The highest BCUT2D eigenvalue weighted by atomic mass is 32.2. The van der Waals surface area contributed by atoms with Crippen molar-refractivity contribution in [3.63, 3.8) is 0 Å². The summed E-state index contributed by atoms with van der Waals surface area (Å²) in [5.74, 6) is -0.584. The number of hydrogen-bond donors (Lipinski definition) is 1. The summed E-state index contributed by atoms with van der Waals surface area (Å²) in [5, 5.41) is 3.21. The zero-order valence-electron chi connectivity index (χ0n) is 14.9. The highest BCUT2D eigenvalue weighted by molar-refractivity contribution is 7.91. The predicted molar refractivity (Wildman–Crippen MR) is 106 cm³/mol. The van der Waals surface area contributed by atoms with E-state index < -0.39 is 9.84 Å². The summed E-state index contributed by atoms with van der Waals surface area (Å²) in [7, 11) is -3.48. The maximum atomic E-state index is 12.3. The number of nitrogens with one attached hydrogen (secondary N) is 1. The first-order valence-corrected chi connectivity index (χ1v) is 10.7. The monoisotopic (exact) mass is 388 g/mol. The number of benzene rings is 2. The van der Waals surface area contributed by atoms with Crippen molar-refractivity contribution < 1.29 is 13.2 Å². The number of aryl methyl sites for hydroxylation is 3. The van der Waals surface area contributed by atoms with E-state index in [1.165, 1.54) is 11.3 Å². The molecule has 7 heteroatoms. The van der Waals surface area contributed by atoms with Crippen molar-refractivity contribution in [1.82, 2.24) is 4.98 Å². The van der Waals surface area contributed by atoms with E-state index >= 15 is 0 Å². The van der Waals surface area contributed by atoms with Crippen LogP contribution in [0.15, 0.2) is 41.3 Å². The molecule has 0 atom stereocenters. The standard InChI is InChI=1S/C19H20N2O3S2/c1-12-4-7-15(8-5-12)26(23,24)11-10-17(22)20-19-21-18-14(3)13(2)6-9-16(18)25-19/h4-9H,10-11H2,1-3H3,(H,20,21,22). The number of anilines is 1. The number of rotatable bonds is 5. The quantitative estimate of drug-likeness (QED) is 0.716. The van der Waals surface area contributed by atoms with Crippen molar-refractivity contribution in [3.05, 3.63) is 53.1 Å². The van der Waals surface area contributed by atoms with Crippen molar-refractivity contribution >= 4 is 42.4 Å². The van der Waals surface area contributed by atoms with Crippen molar-refractivity contribution in [3.8, 4) is 0 Å². The highest BCUT2D eigenvalue weighted by Crippen LogP contribution is 2.29. The average molecular weight is 389 g/mol. The van der Waals surface area contributed by atoms with Gasteiger partial charge in [0.15, 0.2) is 15.0 Å². The largest absolute Gasteiger partial charge is 0.302 e. The zero-order valence-corrected chi connectivity index (χ0v) is 16.5. The van der Waals surface area contributed by atoms with Gasteiger partial charge < -0.3 is 5.32 Å². The molecule has 3 rings (SSSR count). The maximum absolute atomic E-state index is 12.3. The highest BCUT2D eigenvalue weighted by Gasteiger charge is 2.17. The van der Waals surface area contributed by atoms with E-state index in [0.29, 0.717) is 5.13 Å². The number of fused-ring (bicyclic) bond motifs is 1. The molecule has 0 aliphatic rings. The van der Waals surface area contributed by atoms with E-state index in [0.717, 1.165) is 26.9 Å². The van der Waals surface area contributed by atoms with Crippen LogP contribution < -0.4 is 5.32 Å². The molecule has 0 fully saturated rings. The lowest BCUT2D eigenvalue weighted by atomic mass is 10.1. The molecule has 0 saturated carbocycles. The second-order valence-corrected chi connectivity index (χ2v) is 9.44. The number of amides is 1. The summed E-state index contributed by atoms with van der Waals surface area (Å²) in [4.78, 5) is 16.9. The lowest BCUT2D eigenvalue weighted by molar-refractivity contribution is -0.115. The van der Waals surface area contributed by atoms with Crippen LogP contribution >= 0.6 is 11.3 Å². The number of hydrogen-bond acceptors (Lipinski definition) is 5. The smallest absolute Gasteiger partial charge is 0.227 e. The average Bonchev–Trinajstić information content (AvgIpc) is 3.00. The van der Waals surface area contributed by atoms with E-state index in [-0.39, 0.29) is 23.0 Å². The topological polar surface area (TPSA) is 76.1 Å². The summed E-state index contributed by atoms with van der Waals surface area (Å²) in [5.41, 5.74) is 4.09. The van der Waals surface area contributed by atoms with Crippen LogP contribution in [-0.2, 0) is 14.6 Å². The van der Waals surface area contributed by atoms with Crippen LogP contribution in [0.1, 0.15) is 23.1 Å². The van der Waals surface area contributed by atoms with Crippen LogP contribution in [0.25, 0.3) is 10.2 Å². The second kappa shape index (κ2) is 7.17. The third-order valence-corrected chi connectivity index (χ3v) is 6.98. The third-order valence-electron chi connectivity index (χ3n) is 4.31. The molecule has 0 bridgehead atoms. The minimum atomic E-state index is -3.48. The molecule has 0 spiro atoms. The molecule has 0 unspecified atom stereocenters. The molecular weight excluding hydrogens is 368 g/mol. The summed E-state index contributed by atoms with van der Waals surface area (Å²) < 4.78 is 25.7. The van der Waals surface area contributed by atoms with Crippen LogP contribution in [0.3, 0.4) is 0 Å². The van der Waals surface area contributed by atoms with Crippen LogP contribution in [0, 0.1) is 20.8 Å². The summed E-state index contributed by atoms with van der Waals surface area (Å²) >= 11 is 1.39. The molecular formula is C19H20N2O3S2. The normalized spacial score (nSPS) is 11.7. The fourth-order valence-electron chi connectivity index (χ4n) is 2.55. The molecule has 1 N–H and O–H groups in total. The fraction of sp³-hybridized carbons (Fsp3) is 0.263. The fourth-order valence-corrected chi connectivity index (χ4v) is 4.73. The zero-order chi connectivity index (χ0) is 18.9. The number of thiazole rings is 1. The Kier molecular flexibility index (Phi) is 5.11. The Morgan fingerprint density at radius 3 is 2.46 bits per heavy atom. The Labute approximate surface area is 157 Å². The van der Waals surface area contributed by atoms with Crippen molar-refractivity contribution in [2.75, 3.05) is 11.1 Å². The van der Waals surface area contributed by atoms with Crippen molar-refractivity contribution in [2.45, 2.75) is 32.1 Å². The van der Waals surface area contributed by atoms with Gasteiger partial charge in [0.05, 0.1) is 20.9 Å². The van der Waals surface area contributed by atoms with Gasteiger partial charge in [0, 0.05) is 6.42 Å². The van der Waals surface area contributed by atoms with Crippen LogP contribution in [0.2, 0.25) is 0 Å². The van der Waals surface area contributed by atoms with Gasteiger partial charge in [0.25, 0.3) is 0 Å². The molecule has 26 heavy (non-hydrogen) atoms. The van der Waals surface area contributed by atoms with Gasteiger partial charge in [-0.3, -0.25) is 4.79 Å². The first kappa shape index (κ1) is 18.5. The predicted octanol–water partition coefficient (Wildman–Crippen LogP) is 4.02. The molecule has 1 amide bonds. The van der Waals surface area contributed by atoms with Crippen LogP contribution in [0.4, 0.5) is 5.13 Å². The van der Waals surface area contributed by atoms with Crippen molar-refractivity contribution in [1.29, 1.82) is 0 Å². The van der Waals surface area contributed by atoms with E-state index in [2.05, 4.69) is 10.3 Å².